The van der Waals surface area contributed by atoms with Crippen molar-refractivity contribution in [2.75, 3.05) is 33.2 Å². The van der Waals surface area contributed by atoms with Crippen molar-refractivity contribution in [1.29, 1.82) is 0 Å². The Bertz CT molecular complexity index is 413. The molecular weight excluding hydrogens is 297 g/mol. The molecule has 0 radical (unpaired) electrons. The van der Waals surface area contributed by atoms with Crippen LogP contribution in [0.5, 0.6) is 0 Å². The van der Waals surface area contributed by atoms with E-state index in [9.17, 15) is 4.39 Å². The second kappa shape index (κ2) is 6.10. The third-order valence-corrected chi connectivity index (χ3v) is 4.21. The number of nitrogens with two attached hydrogens (primary N) is 1. The topological polar surface area (TPSA) is 32.5 Å². The Morgan fingerprint density at radius 2 is 2.22 bits per heavy atom. The summed E-state index contributed by atoms with van der Waals surface area (Å²) in [7, 11) is 2.12. The zero-order valence-electron chi connectivity index (χ0n) is 10.6. The lowest BCUT2D eigenvalue weighted by atomic mass is 10.1. The van der Waals surface area contributed by atoms with E-state index in [-0.39, 0.29) is 5.82 Å². The average molecular weight is 316 g/mol. The van der Waals surface area contributed by atoms with E-state index in [4.69, 9.17) is 5.73 Å². The normalized spacial score (nSPS) is 22.3. The van der Waals surface area contributed by atoms with Gasteiger partial charge in [-0.1, -0.05) is 22.0 Å². The van der Waals surface area contributed by atoms with Gasteiger partial charge in [0.1, 0.15) is 5.82 Å². The minimum Gasteiger partial charge on any atom is -0.329 e. The molecule has 2 N–H and O–H groups in total. The van der Waals surface area contributed by atoms with Gasteiger partial charge in [-0.25, -0.2) is 4.39 Å². The van der Waals surface area contributed by atoms with E-state index in [2.05, 4.69) is 32.8 Å². The molecule has 1 aromatic carbocycles. The molecule has 1 heterocycles. The van der Waals surface area contributed by atoms with E-state index in [1.54, 1.807) is 0 Å². The molecule has 1 unspecified atom stereocenters. The summed E-state index contributed by atoms with van der Waals surface area (Å²) in [4.78, 5) is 4.67. The Morgan fingerprint density at radius 3 is 2.89 bits per heavy atom. The minimum absolute atomic E-state index is 0.209. The van der Waals surface area contributed by atoms with E-state index in [1.807, 2.05) is 6.07 Å². The van der Waals surface area contributed by atoms with Gasteiger partial charge in [-0.3, -0.25) is 4.90 Å². The van der Waals surface area contributed by atoms with Gasteiger partial charge < -0.3 is 10.6 Å². The Morgan fingerprint density at radius 1 is 1.44 bits per heavy atom. The molecule has 0 amide bonds. The summed E-state index contributed by atoms with van der Waals surface area (Å²) in [6.07, 6.45) is 0. The summed E-state index contributed by atoms with van der Waals surface area (Å²) in [5.74, 6) is -0.209. The summed E-state index contributed by atoms with van der Waals surface area (Å²) in [5, 5.41) is 0. The molecule has 1 aromatic rings. The SMILES string of the molecule is CN1CCN(Cc2ccc(F)cc2Br)C(CN)C1. The Kier molecular flexibility index (Phi) is 4.72. The molecule has 0 aliphatic carbocycles. The molecule has 5 heteroatoms. The van der Waals surface area contributed by atoms with Crippen LogP contribution in [0.3, 0.4) is 0 Å². The van der Waals surface area contributed by atoms with Crippen molar-refractivity contribution in [2.24, 2.45) is 5.73 Å². The highest BCUT2D eigenvalue weighted by atomic mass is 79.9. The van der Waals surface area contributed by atoms with Gasteiger partial charge in [-0.15, -0.1) is 0 Å². The van der Waals surface area contributed by atoms with Crippen molar-refractivity contribution >= 4 is 15.9 Å². The lowest BCUT2D eigenvalue weighted by Gasteiger charge is -2.39. The molecule has 0 bridgehead atoms. The molecule has 100 valence electrons. The first-order valence-corrected chi connectivity index (χ1v) is 6.96. The predicted molar refractivity (Wildman–Crippen MR) is 74.8 cm³/mol. The molecule has 1 atom stereocenters. The van der Waals surface area contributed by atoms with E-state index < -0.39 is 0 Å². The van der Waals surface area contributed by atoms with Gasteiger partial charge in [-0.05, 0) is 24.7 Å². The predicted octanol–water partition coefficient (Wildman–Crippen LogP) is 1.66. The van der Waals surface area contributed by atoms with Crippen molar-refractivity contribution in [2.45, 2.75) is 12.6 Å². The van der Waals surface area contributed by atoms with Crippen LogP contribution in [0.1, 0.15) is 5.56 Å². The van der Waals surface area contributed by atoms with Crippen LogP contribution in [0, 0.1) is 5.82 Å². The first kappa shape index (κ1) is 13.9. The van der Waals surface area contributed by atoms with Gasteiger partial charge >= 0.3 is 0 Å². The van der Waals surface area contributed by atoms with Crippen molar-refractivity contribution < 1.29 is 4.39 Å². The van der Waals surface area contributed by atoms with Crippen LogP contribution >= 0.6 is 15.9 Å². The van der Waals surface area contributed by atoms with Crippen molar-refractivity contribution in [3.05, 3.63) is 34.1 Å². The molecule has 18 heavy (non-hydrogen) atoms. The minimum atomic E-state index is -0.209. The van der Waals surface area contributed by atoms with Crippen molar-refractivity contribution in [3.8, 4) is 0 Å². The number of rotatable bonds is 3. The van der Waals surface area contributed by atoms with Gasteiger partial charge in [0.15, 0.2) is 0 Å². The van der Waals surface area contributed by atoms with Crippen LogP contribution < -0.4 is 5.73 Å². The smallest absolute Gasteiger partial charge is 0.124 e. The van der Waals surface area contributed by atoms with Gasteiger partial charge in [0.25, 0.3) is 0 Å². The maximum Gasteiger partial charge on any atom is 0.124 e. The van der Waals surface area contributed by atoms with Gasteiger partial charge in [0.2, 0.25) is 0 Å². The highest BCUT2D eigenvalue weighted by molar-refractivity contribution is 9.10. The maximum atomic E-state index is 13.0. The van der Waals surface area contributed by atoms with Crippen molar-refractivity contribution in [3.63, 3.8) is 0 Å². The number of hydrogen-bond acceptors (Lipinski definition) is 3. The Hall–Kier alpha value is -0.490. The fourth-order valence-electron chi connectivity index (χ4n) is 2.35. The largest absolute Gasteiger partial charge is 0.329 e. The molecule has 2 rings (SSSR count). The summed E-state index contributed by atoms with van der Waals surface area (Å²) < 4.78 is 13.9. The van der Waals surface area contributed by atoms with E-state index >= 15 is 0 Å². The standard InChI is InChI=1S/C13H19BrFN3/c1-17-4-5-18(12(7-16)9-17)8-10-2-3-11(15)6-13(10)14/h2-3,6,12H,4-5,7-9,16H2,1H3. The summed E-state index contributed by atoms with van der Waals surface area (Å²) in [6.45, 7) is 4.52. The third-order valence-electron chi connectivity index (χ3n) is 3.47. The molecule has 1 saturated heterocycles. The van der Waals surface area contributed by atoms with Crippen LogP contribution in [0.2, 0.25) is 0 Å². The average Bonchev–Trinajstić information content (AvgIpc) is 2.34. The van der Waals surface area contributed by atoms with E-state index in [0.29, 0.717) is 12.6 Å². The zero-order valence-corrected chi connectivity index (χ0v) is 12.2. The number of nitrogens with zero attached hydrogens (tertiary/aromatic N) is 2. The van der Waals surface area contributed by atoms with E-state index in [1.165, 1.54) is 12.1 Å². The first-order chi connectivity index (χ1) is 8.60. The van der Waals surface area contributed by atoms with Crippen LogP contribution in [-0.2, 0) is 6.54 Å². The number of hydrogen-bond donors (Lipinski definition) is 1. The van der Waals surface area contributed by atoms with Crippen LogP contribution in [0.25, 0.3) is 0 Å². The number of piperazine rings is 1. The second-order valence-corrected chi connectivity index (χ2v) is 5.71. The highest BCUT2D eigenvalue weighted by Gasteiger charge is 2.24. The molecule has 0 saturated carbocycles. The monoisotopic (exact) mass is 315 g/mol. The van der Waals surface area contributed by atoms with Crippen LogP contribution in [-0.4, -0.2) is 49.1 Å². The molecule has 3 nitrogen and oxygen atoms in total. The van der Waals surface area contributed by atoms with Crippen molar-refractivity contribution in [1.82, 2.24) is 9.80 Å². The summed E-state index contributed by atoms with van der Waals surface area (Å²) in [5.41, 5.74) is 6.94. The number of likely N-dealkylation sites (N-methyl/N-ethyl adjacent to an activating group) is 1. The highest BCUT2D eigenvalue weighted by Crippen LogP contribution is 2.21. The lowest BCUT2D eigenvalue weighted by molar-refractivity contribution is 0.0879. The molecular formula is C13H19BrFN3. The Labute approximate surface area is 116 Å². The fourth-order valence-corrected chi connectivity index (χ4v) is 2.82. The van der Waals surface area contributed by atoms with Gasteiger partial charge in [0, 0.05) is 43.2 Å². The van der Waals surface area contributed by atoms with Crippen LogP contribution in [0.15, 0.2) is 22.7 Å². The van der Waals surface area contributed by atoms with E-state index in [0.717, 1.165) is 36.2 Å². The molecule has 1 aliphatic heterocycles. The first-order valence-electron chi connectivity index (χ1n) is 6.16. The quantitative estimate of drug-likeness (QED) is 0.921. The lowest BCUT2D eigenvalue weighted by Crippen LogP contribution is -2.54. The van der Waals surface area contributed by atoms with Gasteiger partial charge in [0.05, 0.1) is 0 Å². The third kappa shape index (κ3) is 3.29. The molecule has 1 aliphatic rings. The second-order valence-electron chi connectivity index (χ2n) is 4.86. The fraction of sp³-hybridized carbons (Fsp3) is 0.538. The zero-order chi connectivity index (χ0) is 13.1. The molecule has 1 fully saturated rings. The molecule has 0 spiro atoms. The summed E-state index contributed by atoms with van der Waals surface area (Å²) in [6, 6.07) is 5.24. The Balaban J connectivity index is 2.07. The number of halogens is 2. The maximum absolute atomic E-state index is 13.0. The summed E-state index contributed by atoms with van der Waals surface area (Å²) >= 11 is 3.42. The number of benzene rings is 1. The molecule has 0 aromatic heterocycles. The van der Waals surface area contributed by atoms with Crippen LogP contribution in [0.4, 0.5) is 4.39 Å². The van der Waals surface area contributed by atoms with Gasteiger partial charge in [-0.2, -0.15) is 0 Å².